The lowest BCUT2D eigenvalue weighted by Gasteiger charge is -2.11. The van der Waals surface area contributed by atoms with E-state index >= 15 is 0 Å². The monoisotopic (exact) mass is 266 g/mol. The second-order valence-corrected chi connectivity index (χ2v) is 6.86. The van der Waals surface area contributed by atoms with E-state index in [0.717, 1.165) is 11.0 Å². The van der Waals surface area contributed by atoms with Gasteiger partial charge in [-0.25, -0.2) is 18.4 Å². The fourth-order valence-corrected chi connectivity index (χ4v) is 3.97. The molecule has 0 radical (unpaired) electrons. The van der Waals surface area contributed by atoms with Crippen LogP contribution >= 0.6 is 0 Å². The fraction of sp³-hybridized carbons (Fsp3) is 0.455. The Hall–Kier alpha value is -1.63. The Bertz CT molecular complexity index is 692. The summed E-state index contributed by atoms with van der Waals surface area (Å²) in [6, 6.07) is 1.88. The summed E-state index contributed by atoms with van der Waals surface area (Å²) in [5.41, 5.74) is 0.841. The third kappa shape index (κ3) is 1.94. The minimum atomic E-state index is -2.87. The molecule has 1 unspecified atom stereocenters. The number of hydrogen-bond acceptors (Lipinski definition) is 5. The molecule has 2 aromatic rings. The molecule has 1 aliphatic rings. The lowest BCUT2D eigenvalue weighted by Crippen LogP contribution is -2.21. The molecule has 1 fully saturated rings. The number of fused-ring (bicyclic) bond motifs is 1. The molecule has 0 saturated carbocycles. The molecule has 96 valence electrons. The van der Waals surface area contributed by atoms with Gasteiger partial charge in [-0.05, 0) is 12.5 Å². The average Bonchev–Trinajstić information content (AvgIpc) is 2.84. The molecule has 1 N–H and O–H groups in total. The Balaban J connectivity index is 1.92. The summed E-state index contributed by atoms with van der Waals surface area (Å²) in [5, 5.41) is 4.13. The van der Waals surface area contributed by atoms with Crippen LogP contribution in [0.25, 0.3) is 11.0 Å². The van der Waals surface area contributed by atoms with Gasteiger partial charge in [0.25, 0.3) is 0 Å². The quantitative estimate of drug-likeness (QED) is 0.859. The van der Waals surface area contributed by atoms with E-state index < -0.39 is 9.84 Å². The van der Waals surface area contributed by atoms with Crippen LogP contribution in [-0.2, 0) is 16.9 Å². The van der Waals surface area contributed by atoms with Crippen LogP contribution in [0, 0.1) is 0 Å². The molecular formula is C11H14N4O2S. The maximum absolute atomic E-state index is 11.4. The summed E-state index contributed by atoms with van der Waals surface area (Å²) in [6.07, 6.45) is 4.05. The van der Waals surface area contributed by atoms with Gasteiger partial charge in [-0.15, -0.1) is 0 Å². The highest BCUT2D eigenvalue weighted by molar-refractivity contribution is 7.91. The Labute approximate surface area is 105 Å². The van der Waals surface area contributed by atoms with E-state index in [9.17, 15) is 8.42 Å². The smallest absolute Gasteiger partial charge is 0.152 e. The van der Waals surface area contributed by atoms with Gasteiger partial charge in [0.05, 0.1) is 16.9 Å². The minimum Gasteiger partial charge on any atom is -0.366 e. The summed E-state index contributed by atoms with van der Waals surface area (Å²) in [6.45, 7) is 0. The summed E-state index contributed by atoms with van der Waals surface area (Å²) >= 11 is 0. The van der Waals surface area contributed by atoms with Gasteiger partial charge in [0.1, 0.15) is 17.8 Å². The normalized spacial score (nSPS) is 22.4. The molecule has 6 nitrogen and oxygen atoms in total. The third-order valence-corrected chi connectivity index (χ3v) is 5.00. The number of nitrogens with one attached hydrogen (secondary N) is 1. The second kappa shape index (κ2) is 3.94. The second-order valence-electron chi connectivity index (χ2n) is 4.63. The molecule has 1 aliphatic heterocycles. The zero-order valence-electron chi connectivity index (χ0n) is 10.00. The SMILES string of the molecule is Cn1ccc2c(NC3CCS(=O)(=O)C3)ncnc21. The molecule has 2 aromatic heterocycles. The largest absolute Gasteiger partial charge is 0.366 e. The molecular weight excluding hydrogens is 252 g/mol. The van der Waals surface area contributed by atoms with Crippen molar-refractivity contribution in [3.63, 3.8) is 0 Å². The highest BCUT2D eigenvalue weighted by Gasteiger charge is 2.28. The van der Waals surface area contributed by atoms with E-state index in [1.165, 1.54) is 6.33 Å². The molecule has 7 heteroatoms. The van der Waals surface area contributed by atoms with Crippen LogP contribution in [0.3, 0.4) is 0 Å². The predicted octanol–water partition coefficient (Wildman–Crippen LogP) is 0.567. The van der Waals surface area contributed by atoms with Crippen LogP contribution in [0.15, 0.2) is 18.6 Å². The van der Waals surface area contributed by atoms with Gasteiger partial charge >= 0.3 is 0 Å². The van der Waals surface area contributed by atoms with Crippen molar-refractivity contribution in [2.24, 2.45) is 7.05 Å². The van der Waals surface area contributed by atoms with Crippen LogP contribution in [0.1, 0.15) is 6.42 Å². The highest BCUT2D eigenvalue weighted by Crippen LogP contribution is 2.22. The Morgan fingerprint density at radius 3 is 3.00 bits per heavy atom. The number of nitrogens with zero attached hydrogens (tertiary/aromatic N) is 3. The van der Waals surface area contributed by atoms with Crippen molar-refractivity contribution in [3.05, 3.63) is 18.6 Å². The Morgan fingerprint density at radius 1 is 1.44 bits per heavy atom. The van der Waals surface area contributed by atoms with E-state index in [1.54, 1.807) is 0 Å². The average molecular weight is 266 g/mol. The molecule has 18 heavy (non-hydrogen) atoms. The zero-order chi connectivity index (χ0) is 12.8. The number of hydrogen-bond donors (Lipinski definition) is 1. The van der Waals surface area contributed by atoms with E-state index in [4.69, 9.17) is 0 Å². The topological polar surface area (TPSA) is 76.9 Å². The van der Waals surface area contributed by atoms with E-state index in [1.807, 2.05) is 23.9 Å². The molecule has 0 amide bonds. The summed E-state index contributed by atoms with van der Waals surface area (Å²) in [5.74, 6) is 1.15. The third-order valence-electron chi connectivity index (χ3n) is 3.24. The van der Waals surface area contributed by atoms with Gasteiger partial charge in [0, 0.05) is 19.3 Å². The van der Waals surface area contributed by atoms with Gasteiger partial charge < -0.3 is 9.88 Å². The van der Waals surface area contributed by atoms with Gasteiger partial charge in [-0.1, -0.05) is 0 Å². The van der Waals surface area contributed by atoms with Crippen molar-refractivity contribution in [3.8, 4) is 0 Å². The van der Waals surface area contributed by atoms with Crippen LogP contribution in [-0.4, -0.2) is 40.5 Å². The first-order valence-corrected chi connectivity index (χ1v) is 7.60. The Kier molecular flexibility index (Phi) is 2.51. The van der Waals surface area contributed by atoms with Crippen molar-refractivity contribution in [2.75, 3.05) is 16.8 Å². The molecule has 3 heterocycles. The molecule has 0 aromatic carbocycles. The van der Waals surface area contributed by atoms with Crippen LogP contribution < -0.4 is 5.32 Å². The van der Waals surface area contributed by atoms with Crippen molar-refractivity contribution in [1.29, 1.82) is 0 Å². The van der Waals surface area contributed by atoms with Crippen molar-refractivity contribution in [2.45, 2.75) is 12.5 Å². The first-order chi connectivity index (χ1) is 8.55. The Morgan fingerprint density at radius 2 is 2.28 bits per heavy atom. The van der Waals surface area contributed by atoms with Crippen LogP contribution in [0.4, 0.5) is 5.82 Å². The molecule has 0 spiro atoms. The lowest BCUT2D eigenvalue weighted by atomic mass is 10.2. The molecule has 3 rings (SSSR count). The minimum absolute atomic E-state index is 0.0479. The fourth-order valence-electron chi connectivity index (χ4n) is 2.29. The van der Waals surface area contributed by atoms with Gasteiger partial charge in [0.2, 0.25) is 0 Å². The molecule has 1 atom stereocenters. The summed E-state index contributed by atoms with van der Waals surface area (Å²) in [4.78, 5) is 8.40. The highest BCUT2D eigenvalue weighted by atomic mass is 32.2. The summed E-state index contributed by atoms with van der Waals surface area (Å²) in [7, 11) is -0.959. The van der Waals surface area contributed by atoms with Crippen LogP contribution in [0.5, 0.6) is 0 Å². The maximum Gasteiger partial charge on any atom is 0.152 e. The van der Waals surface area contributed by atoms with Crippen LogP contribution in [0.2, 0.25) is 0 Å². The van der Waals surface area contributed by atoms with E-state index in [-0.39, 0.29) is 17.5 Å². The van der Waals surface area contributed by atoms with E-state index in [0.29, 0.717) is 12.2 Å². The van der Waals surface area contributed by atoms with Crippen molar-refractivity contribution in [1.82, 2.24) is 14.5 Å². The maximum atomic E-state index is 11.4. The zero-order valence-corrected chi connectivity index (χ0v) is 10.8. The molecule has 1 saturated heterocycles. The van der Waals surface area contributed by atoms with Crippen molar-refractivity contribution < 1.29 is 8.42 Å². The van der Waals surface area contributed by atoms with Gasteiger partial charge in [-0.2, -0.15) is 0 Å². The number of aromatic nitrogens is 3. The number of sulfone groups is 1. The van der Waals surface area contributed by atoms with Gasteiger partial charge in [-0.3, -0.25) is 0 Å². The first kappa shape index (κ1) is 11.5. The first-order valence-electron chi connectivity index (χ1n) is 5.78. The number of rotatable bonds is 2. The van der Waals surface area contributed by atoms with E-state index in [2.05, 4.69) is 15.3 Å². The molecule has 0 aliphatic carbocycles. The molecule has 0 bridgehead atoms. The van der Waals surface area contributed by atoms with Crippen molar-refractivity contribution >= 4 is 26.7 Å². The van der Waals surface area contributed by atoms with Gasteiger partial charge in [0.15, 0.2) is 9.84 Å². The summed E-state index contributed by atoms with van der Waals surface area (Å²) < 4.78 is 24.8. The lowest BCUT2D eigenvalue weighted by molar-refractivity contribution is 0.602. The number of anilines is 1. The predicted molar refractivity (Wildman–Crippen MR) is 69.2 cm³/mol. The standard InChI is InChI=1S/C11H14N4O2S/c1-15-4-2-9-10(12-7-13-11(9)15)14-8-3-5-18(16,17)6-8/h2,4,7-8H,3,5-6H2,1H3,(H,12,13,14). The number of aryl methyl sites for hydroxylation is 1.